The van der Waals surface area contributed by atoms with Crippen LogP contribution in [0.2, 0.25) is 0 Å². The molecule has 180 valence electrons. The van der Waals surface area contributed by atoms with E-state index in [1.165, 1.54) is 32.1 Å². The van der Waals surface area contributed by atoms with Crippen LogP contribution in [0.15, 0.2) is 91.0 Å². The lowest BCUT2D eigenvalue weighted by Gasteiger charge is -2.17. The Bertz CT molecular complexity index is 1170. The summed E-state index contributed by atoms with van der Waals surface area (Å²) >= 11 is 0. The zero-order chi connectivity index (χ0) is 24.3. The Balaban J connectivity index is 1.60. The van der Waals surface area contributed by atoms with Crippen LogP contribution in [0.4, 0.5) is 5.69 Å². The van der Waals surface area contributed by atoms with Crippen molar-refractivity contribution in [2.45, 2.75) is 45.4 Å². The second kappa shape index (κ2) is 12.8. The maximum absolute atomic E-state index is 6.02. The summed E-state index contributed by atoms with van der Waals surface area (Å²) in [5.41, 5.74) is 7.40. The Labute approximate surface area is 210 Å². The van der Waals surface area contributed by atoms with Gasteiger partial charge in [0.25, 0.3) is 0 Å². The summed E-state index contributed by atoms with van der Waals surface area (Å²) in [5, 5.41) is 3.42. The average molecular weight is 465 g/mol. The van der Waals surface area contributed by atoms with Crippen LogP contribution in [0.5, 0.6) is 5.75 Å². The Morgan fingerprint density at radius 3 is 1.97 bits per heavy atom. The molecule has 0 aliphatic carbocycles. The summed E-state index contributed by atoms with van der Waals surface area (Å²) < 4.78 is 6.02. The van der Waals surface area contributed by atoms with Crippen molar-refractivity contribution in [1.29, 1.82) is 0 Å². The number of anilines is 1. The van der Waals surface area contributed by atoms with Gasteiger partial charge >= 0.3 is 0 Å². The molecule has 1 N–H and O–H groups in total. The zero-order valence-electron chi connectivity index (χ0n) is 21.0. The normalized spacial score (nSPS) is 10.8. The van der Waals surface area contributed by atoms with Gasteiger partial charge in [-0.15, -0.1) is 0 Å². The molecule has 1 heterocycles. The molecule has 4 rings (SSSR count). The maximum Gasteiger partial charge on any atom is 0.119 e. The molecule has 0 radical (unpaired) electrons. The third kappa shape index (κ3) is 6.51. The number of hydrogen-bond donors (Lipinski definition) is 1. The summed E-state index contributed by atoms with van der Waals surface area (Å²) in [7, 11) is 1.97. The van der Waals surface area contributed by atoms with Gasteiger partial charge < -0.3 is 10.1 Å². The second-order valence-electron chi connectivity index (χ2n) is 8.90. The molecule has 35 heavy (non-hydrogen) atoms. The van der Waals surface area contributed by atoms with E-state index < -0.39 is 0 Å². The van der Waals surface area contributed by atoms with Crippen molar-refractivity contribution < 1.29 is 4.74 Å². The van der Waals surface area contributed by atoms with Crippen molar-refractivity contribution >= 4 is 5.69 Å². The lowest BCUT2D eigenvalue weighted by Crippen LogP contribution is -2.00. The zero-order valence-corrected chi connectivity index (χ0v) is 21.0. The maximum atomic E-state index is 6.02. The summed E-state index contributed by atoms with van der Waals surface area (Å²) in [5.74, 6) is 0.925. The van der Waals surface area contributed by atoms with Crippen LogP contribution in [0, 0.1) is 0 Å². The van der Waals surface area contributed by atoms with Crippen LogP contribution < -0.4 is 10.1 Å². The smallest absolute Gasteiger partial charge is 0.119 e. The molecule has 1 aromatic heterocycles. The van der Waals surface area contributed by atoms with Gasteiger partial charge in [0, 0.05) is 23.7 Å². The van der Waals surface area contributed by atoms with Crippen LogP contribution in [0.25, 0.3) is 33.6 Å². The first-order chi connectivity index (χ1) is 17.3. The molecular weight excluding hydrogens is 428 g/mol. The van der Waals surface area contributed by atoms with Crippen LogP contribution >= 0.6 is 0 Å². The fraction of sp³-hybridized carbons (Fsp3) is 0.281. The van der Waals surface area contributed by atoms with E-state index in [-0.39, 0.29) is 0 Å². The molecule has 0 amide bonds. The topological polar surface area (TPSA) is 34.1 Å². The first-order valence-corrected chi connectivity index (χ1v) is 12.9. The van der Waals surface area contributed by atoms with Crippen LogP contribution in [-0.4, -0.2) is 18.6 Å². The molecule has 0 unspecified atom stereocenters. The Morgan fingerprint density at radius 2 is 1.31 bits per heavy atom. The van der Waals surface area contributed by atoms with Gasteiger partial charge in [-0.05, 0) is 30.2 Å². The molecule has 0 saturated heterocycles. The summed E-state index contributed by atoms with van der Waals surface area (Å²) in [6.45, 7) is 3.03. The first kappa shape index (κ1) is 24.5. The number of aromatic nitrogens is 1. The van der Waals surface area contributed by atoms with E-state index in [4.69, 9.17) is 9.72 Å². The molecule has 0 fully saturated rings. The molecule has 4 aromatic rings. The minimum absolute atomic E-state index is 0.777. The molecule has 0 aliphatic rings. The van der Waals surface area contributed by atoms with Gasteiger partial charge in [0.2, 0.25) is 0 Å². The fourth-order valence-electron chi connectivity index (χ4n) is 4.39. The molecule has 0 aliphatic heterocycles. The minimum atomic E-state index is 0.777. The highest BCUT2D eigenvalue weighted by molar-refractivity contribution is 5.91. The standard InChI is InChI=1S/C32H36N2O/c1-3-4-5-6-7-14-23-35-28-21-19-25(20-22-28)29-24-30(26-15-10-8-11-16-26)34-31(32(29)33-2)27-17-12-9-13-18-27/h8-13,15-22,24,33H,3-7,14,23H2,1-2H3. The summed E-state index contributed by atoms with van der Waals surface area (Å²) in [6, 6.07) is 31.4. The van der Waals surface area contributed by atoms with Crippen molar-refractivity contribution in [3.63, 3.8) is 0 Å². The van der Waals surface area contributed by atoms with Gasteiger partial charge in [-0.2, -0.15) is 0 Å². The highest BCUT2D eigenvalue weighted by Gasteiger charge is 2.16. The summed E-state index contributed by atoms with van der Waals surface area (Å²) in [6.07, 6.45) is 7.62. The van der Waals surface area contributed by atoms with Gasteiger partial charge in [-0.3, -0.25) is 0 Å². The molecular formula is C32H36N2O. The number of unbranched alkanes of at least 4 members (excludes halogenated alkanes) is 5. The number of hydrogen-bond acceptors (Lipinski definition) is 3. The Hall–Kier alpha value is -3.59. The van der Waals surface area contributed by atoms with Gasteiger partial charge in [-0.25, -0.2) is 4.98 Å². The Kier molecular flexibility index (Phi) is 8.94. The molecule has 0 saturated carbocycles. The number of rotatable bonds is 12. The van der Waals surface area contributed by atoms with Crippen molar-refractivity contribution in [3.8, 4) is 39.4 Å². The van der Waals surface area contributed by atoms with E-state index in [2.05, 4.69) is 91.1 Å². The molecule has 3 nitrogen and oxygen atoms in total. The highest BCUT2D eigenvalue weighted by atomic mass is 16.5. The van der Waals surface area contributed by atoms with Crippen molar-refractivity contribution in [2.75, 3.05) is 19.0 Å². The fourth-order valence-corrected chi connectivity index (χ4v) is 4.39. The van der Waals surface area contributed by atoms with E-state index in [1.54, 1.807) is 0 Å². The number of nitrogens with zero attached hydrogens (tertiary/aromatic N) is 1. The largest absolute Gasteiger partial charge is 0.494 e. The minimum Gasteiger partial charge on any atom is -0.494 e. The third-order valence-corrected chi connectivity index (χ3v) is 6.32. The quantitative estimate of drug-likeness (QED) is 0.213. The van der Waals surface area contributed by atoms with E-state index in [9.17, 15) is 0 Å². The second-order valence-corrected chi connectivity index (χ2v) is 8.90. The van der Waals surface area contributed by atoms with Crippen LogP contribution in [0.1, 0.15) is 45.4 Å². The predicted molar refractivity (Wildman–Crippen MR) is 149 cm³/mol. The molecule has 0 atom stereocenters. The number of nitrogens with one attached hydrogen (secondary N) is 1. The van der Waals surface area contributed by atoms with E-state index >= 15 is 0 Å². The lowest BCUT2D eigenvalue weighted by atomic mass is 9.97. The first-order valence-electron chi connectivity index (χ1n) is 12.9. The van der Waals surface area contributed by atoms with E-state index in [0.29, 0.717) is 0 Å². The highest BCUT2D eigenvalue weighted by Crippen LogP contribution is 2.39. The van der Waals surface area contributed by atoms with Crippen molar-refractivity contribution in [1.82, 2.24) is 4.98 Å². The van der Waals surface area contributed by atoms with Crippen LogP contribution in [0.3, 0.4) is 0 Å². The molecule has 0 bridgehead atoms. The molecule has 3 heteroatoms. The van der Waals surface area contributed by atoms with Gasteiger partial charge in [0.1, 0.15) is 5.75 Å². The van der Waals surface area contributed by atoms with E-state index in [0.717, 1.165) is 58.1 Å². The predicted octanol–water partition coefficient (Wildman–Crippen LogP) is 8.86. The number of ether oxygens (including phenoxy) is 1. The van der Waals surface area contributed by atoms with Crippen LogP contribution in [-0.2, 0) is 0 Å². The number of pyridine rings is 1. The van der Waals surface area contributed by atoms with E-state index in [1.807, 2.05) is 19.2 Å². The monoisotopic (exact) mass is 464 g/mol. The third-order valence-electron chi connectivity index (χ3n) is 6.32. The molecule has 3 aromatic carbocycles. The summed E-state index contributed by atoms with van der Waals surface area (Å²) in [4.78, 5) is 5.08. The SMILES string of the molecule is CCCCCCCCOc1ccc(-c2cc(-c3ccccc3)nc(-c3ccccc3)c2NC)cc1. The van der Waals surface area contributed by atoms with Gasteiger partial charge in [0.15, 0.2) is 0 Å². The lowest BCUT2D eigenvalue weighted by molar-refractivity contribution is 0.304. The van der Waals surface area contributed by atoms with Gasteiger partial charge in [0.05, 0.1) is 23.7 Å². The molecule has 0 spiro atoms. The van der Waals surface area contributed by atoms with Gasteiger partial charge in [-0.1, -0.05) is 112 Å². The Morgan fingerprint density at radius 1 is 0.686 bits per heavy atom. The van der Waals surface area contributed by atoms with Crippen molar-refractivity contribution in [2.24, 2.45) is 0 Å². The average Bonchev–Trinajstić information content (AvgIpc) is 2.93. The van der Waals surface area contributed by atoms with Crippen molar-refractivity contribution in [3.05, 3.63) is 91.0 Å². The number of benzene rings is 3.